The number of esters is 1. The highest BCUT2D eigenvalue weighted by atomic mass is 32.2. The zero-order chi connectivity index (χ0) is 24.0. The molecule has 10 heteroatoms. The third-order valence-corrected chi connectivity index (χ3v) is 7.80. The van der Waals surface area contributed by atoms with Crippen molar-refractivity contribution in [3.63, 3.8) is 0 Å². The van der Waals surface area contributed by atoms with Crippen LogP contribution < -0.4 is 10.6 Å². The maximum Gasteiger partial charge on any atom is 0.337 e. The van der Waals surface area contributed by atoms with Gasteiger partial charge in [-0.1, -0.05) is 19.3 Å². The normalized spacial score (nSPS) is 14.5. The summed E-state index contributed by atoms with van der Waals surface area (Å²) in [6.07, 6.45) is 5.02. The fourth-order valence-corrected chi connectivity index (χ4v) is 5.36. The van der Waals surface area contributed by atoms with Crippen molar-refractivity contribution in [1.29, 1.82) is 0 Å². The zero-order valence-corrected chi connectivity index (χ0v) is 20.2. The molecule has 2 aromatic carbocycles. The molecule has 0 radical (unpaired) electrons. The third-order valence-electron chi connectivity index (χ3n) is 5.67. The van der Waals surface area contributed by atoms with Crippen molar-refractivity contribution in [2.75, 3.05) is 19.5 Å². The molecule has 2 aromatic rings. The van der Waals surface area contributed by atoms with Gasteiger partial charge in [-0.25, -0.2) is 13.2 Å². The van der Waals surface area contributed by atoms with E-state index in [-0.39, 0.29) is 16.0 Å². The molecule has 0 aliphatic heterocycles. The number of thiocarbonyl (C=S) groups is 1. The largest absolute Gasteiger partial charge is 0.465 e. The quantitative estimate of drug-likeness (QED) is 0.472. The number of hydrogen-bond acceptors (Lipinski definition) is 6. The molecule has 0 unspecified atom stereocenters. The Morgan fingerprint density at radius 3 is 2.12 bits per heavy atom. The van der Waals surface area contributed by atoms with Gasteiger partial charge >= 0.3 is 5.97 Å². The van der Waals surface area contributed by atoms with Crippen LogP contribution in [0.25, 0.3) is 0 Å². The van der Waals surface area contributed by atoms with Crippen LogP contribution in [0.5, 0.6) is 0 Å². The summed E-state index contributed by atoms with van der Waals surface area (Å²) in [6.45, 7) is 0. The van der Waals surface area contributed by atoms with E-state index in [0.29, 0.717) is 16.8 Å². The van der Waals surface area contributed by atoms with Gasteiger partial charge < -0.3 is 10.1 Å². The van der Waals surface area contributed by atoms with E-state index < -0.39 is 21.9 Å². The lowest BCUT2D eigenvalue weighted by Gasteiger charge is -2.30. The van der Waals surface area contributed by atoms with E-state index in [1.54, 1.807) is 19.2 Å². The summed E-state index contributed by atoms with van der Waals surface area (Å²) in [4.78, 5) is 24.1. The molecular formula is C23H27N3O5S2. The topological polar surface area (TPSA) is 105 Å². The molecule has 176 valence electrons. The number of rotatable bonds is 6. The number of ether oxygens (including phenoxy) is 1. The van der Waals surface area contributed by atoms with E-state index in [0.717, 1.165) is 32.1 Å². The number of amides is 1. The molecule has 1 fully saturated rings. The van der Waals surface area contributed by atoms with Crippen LogP contribution in [0.2, 0.25) is 0 Å². The van der Waals surface area contributed by atoms with Crippen molar-refractivity contribution in [2.24, 2.45) is 0 Å². The lowest BCUT2D eigenvalue weighted by Crippen LogP contribution is -2.38. The van der Waals surface area contributed by atoms with Gasteiger partial charge in [-0.2, -0.15) is 4.31 Å². The van der Waals surface area contributed by atoms with Gasteiger partial charge in [-0.15, -0.1) is 0 Å². The highest BCUT2D eigenvalue weighted by Gasteiger charge is 2.28. The molecule has 1 aliphatic rings. The summed E-state index contributed by atoms with van der Waals surface area (Å²) in [6, 6.07) is 12.2. The van der Waals surface area contributed by atoms with Gasteiger partial charge in [-0.3, -0.25) is 10.1 Å². The standard InChI is InChI=1S/C23H27N3O5S2/c1-26(19-6-4-3-5-7-19)33(29,30)20-14-12-18(13-15-20)24-23(32)25-21(27)16-8-10-17(11-9-16)22(28)31-2/h8-15,19H,3-7H2,1-2H3,(H2,24,25,27,32). The Bertz CT molecular complexity index is 1110. The maximum atomic E-state index is 12.9. The smallest absolute Gasteiger partial charge is 0.337 e. The van der Waals surface area contributed by atoms with Crippen LogP contribution in [-0.2, 0) is 14.8 Å². The third kappa shape index (κ3) is 6.16. The van der Waals surface area contributed by atoms with Crippen LogP contribution in [0.15, 0.2) is 53.4 Å². The molecule has 0 aromatic heterocycles. The number of sulfonamides is 1. The van der Waals surface area contributed by atoms with E-state index in [4.69, 9.17) is 12.2 Å². The average Bonchev–Trinajstić information content (AvgIpc) is 2.83. The van der Waals surface area contributed by atoms with Crippen LogP contribution in [-0.4, -0.2) is 49.9 Å². The van der Waals surface area contributed by atoms with Crippen LogP contribution in [0.3, 0.4) is 0 Å². The van der Waals surface area contributed by atoms with Gasteiger partial charge in [0.25, 0.3) is 5.91 Å². The Labute approximate surface area is 199 Å². The Morgan fingerprint density at radius 1 is 0.970 bits per heavy atom. The number of nitrogens with one attached hydrogen (secondary N) is 2. The molecule has 1 amide bonds. The van der Waals surface area contributed by atoms with E-state index >= 15 is 0 Å². The number of methoxy groups -OCH3 is 1. The Kier molecular flexibility index (Phi) is 8.17. The minimum Gasteiger partial charge on any atom is -0.465 e. The predicted molar refractivity (Wildman–Crippen MR) is 130 cm³/mol. The number of benzene rings is 2. The maximum absolute atomic E-state index is 12.9. The summed E-state index contributed by atoms with van der Waals surface area (Å²) in [7, 11) is -0.660. The Hall–Kier alpha value is -2.82. The highest BCUT2D eigenvalue weighted by Crippen LogP contribution is 2.27. The second kappa shape index (κ2) is 10.9. The lowest BCUT2D eigenvalue weighted by molar-refractivity contribution is 0.0600. The van der Waals surface area contributed by atoms with Crippen LogP contribution in [0.4, 0.5) is 5.69 Å². The molecule has 1 aliphatic carbocycles. The molecule has 8 nitrogen and oxygen atoms in total. The first-order chi connectivity index (χ1) is 15.7. The van der Waals surface area contributed by atoms with E-state index in [9.17, 15) is 18.0 Å². The van der Waals surface area contributed by atoms with Crippen molar-refractivity contribution in [2.45, 2.75) is 43.0 Å². The van der Waals surface area contributed by atoms with Crippen molar-refractivity contribution in [3.8, 4) is 0 Å². The molecule has 0 spiro atoms. The number of carbonyl (C=O) groups excluding carboxylic acids is 2. The first-order valence-corrected chi connectivity index (χ1v) is 12.5. The number of anilines is 1. The van der Waals surface area contributed by atoms with Crippen molar-refractivity contribution in [1.82, 2.24) is 9.62 Å². The molecule has 33 heavy (non-hydrogen) atoms. The number of nitrogens with zero attached hydrogens (tertiary/aromatic N) is 1. The fourth-order valence-electron chi connectivity index (χ4n) is 3.73. The summed E-state index contributed by atoms with van der Waals surface area (Å²) < 4.78 is 32.0. The number of carbonyl (C=O) groups is 2. The van der Waals surface area contributed by atoms with E-state index in [2.05, 4.69) is 15.4 Å². The van der Waals surface area contributed by atoms with Gasteiger partial charge in [0.15, 0.2) is 5.11 Å². The summed E-state index contributed by atoms with van der Waals surface area (Å²) in [5, 5.41) is 5.48. The van der Waals surface area contributed by atoms with Crippen LogP contribution in [0, 0.1) is 0 Å². The first-order valence-electron chi connectivity index (χ1n) is 10.6. The molecule has 0 saturated heterocycles. The first kappa shape index (κ1) is 24.8. The summed E-state index contributed by atoms with van der Waals surface area (Å²) in [5.74, 6) is -0.938. The fraction of sp³-hybridized carbons (Fsp3) is 0.348. The molecule has 3 rings (SSSR count). The molecule has 0 atom stereocenters. The van der Waals surface area contributed by atoms with Gasteiger partial charge in [0.2, 0.25) is 10.0 Å². The Balaban J connectivity index is 1.59. The monoisotopic (exact) mass is 489 g/mol. The van der Waals surface area contributed by atoms with Crippen molar-refractivity contribution in [3.05, 3.63) is 59.7 Å². The zero-order valence-electron chi connectivity index (χ0n) is 18.5. The average molecular weight is 490 g/mol. The predicted octanol–water partition coefficient (Wildman–Crippen LogP) is 3.55. The van der Waals surface area contributed by atoms with Gasteiger partial charge in [-0.05, 0) is 73.6 Å². The molecule has 2 N–H and O–H groups in total. The summed E-state index contributed by atoms with van der Waals surface area (Å²) >= 11 is 5.19. The van der Waals surface area contributed by atoms with Crippen molar-refractivity contribution >= 4 is 44.9 Å². The molecular weight excluding hydrogens is 462 g/mol. The molecule has 0 bridgehead atoms. The van der Waals surface area contributed by atoms with Crippen LogP contribution >= 0.6 is 12.2 Å². The lowest BCUT2D eigenvalue weighted by atomic mass is 9.96. The van der Waals surface area contributed by atoms with Gasteiger partial charge in [0.1, 0.15) is 0 Å². The van der Waals surface area contributed by atoms with Crippen LogP contribution in [0.1, 0.15) is 52.8 Å². The summed E-state index contributed by atoms with van der Waals surface area (Å²) in [5.41, 5.74) is 1.19. The SMILES string of the molecule is COC(=O)c1ccc(C(=O)NC(=S)Nc2ccc(S(=O)(=O)N(C)C3CCCCC3)cc2)cc1. The second-order valence-corrected chi connectivity index (χ2v) is 10.2. The number of hydrogen-bond donors (Lipinski definition) is 2. The molecule has 1 saturated carbocycles. The minimum absolute atomic E-state index is 0.0334. The highest BCUT2D eigenvalue weighted by molar-refractivity contribution is 7.89. The molecule has 0 heterocycles. The van der Waals surface area contributed by atoms with Gasteiger partial charge in [0.05, 0.1) is 17.6 Å². The second-order valence-electron chi connectivity index (χ2n) is 7.81. The minimum atomic E-state index is -3.58. The van der Waals surface area contributed by atoms with E-state index in [1.807, 2.05) is 0 Å². The Morgan fingerprint density at radius 2 is 1.55 bits per heavy atom. The van der Waals surface area contributed by atoms with Gasteiger partial charge in [0, 0.05) is 24.3 Å². The van der Waals surface area contributed by atoms with Crippen molar-refractivity contribution < 1.29 is 22.7 Å². The van der Waals surface area contributed by atoms with E-state index in [1.165, 1.54) is 47.8 Å².